The molecule has 0 spiro atoms. The van der Waals surface area contributed by atoms with Crippen LogP contribution < -0.4 is 10.6 Å². The van der Waals surface area contributed by atoms with E-state index in [2.05, 4.69) is 10.6 Å². The van der Waals surface area contributed by atoms with E-state index in [0.29, 0.717) is 6.54 Å². The molecule has 1 unspecified atom stereocenters. The van der Waals surface area contributed by atoms with Crippen molar-refractivity contribution in [2.45, 2.75) is 64.3 Å². The van der Waals surface area contributed by atoms with Crippen molar-refractivity contribution in [1.29, 1.82) is 0 Å². The minimum Gasteiger partial charge on any atom is -0.396 e. The summed E-state index contributed by atoms with van der Waals surface area (Å²) in [7, 11) is 0. The maximum atomic E-state index is 11.7. The molecular weight excluding hydrogens is 298 g/mol. The largest absolute Gasteiger partial charge is 0.396 e. The zero-order chi connectivity index (χ0) is 15.8. The molecule has 1 aliphatic carbocycles. The lowest BCUT2D eigenvalue weighted by molar-refractivity contribution is 0.234. The smallest absolute Gasteiger partial charge is 0.314 e. The summed E-state index contributed by atoms with van der Waals surface area (Å²) in [6.07, 6.45) is 8.28. The van der Waals surface area contributed by atoms with Gasteiger partial charge in [0.1, 0.15) is 0 Å². The molecule has 0 bridgehead atoms. The Kier molecular flexibility index (Phi) is 7.12. The number of carbonyl (C=O) groups excluding carboxylic acids is 1. The van der Waals surface area contributed by atoms with Crippen LogP contribution in [-0.2, 0) is 19.3 Å². The maximum absolute atomic E-state index is 11.7. The molecule has 2 rings (SSSR count). The third-order valence-electron chi connectivity index (χ3n) is 3.92. The van der Waals surface area contributed by atoms with Gasteiger partial charge in [0.05, 0.1) is 10.7 Å². The number of aromatic nitrogens is 1. The van der Waals surface area contributed by atoms with E-state index < -0.39 is 0 Å². The summed E-state index contributed by atoms with van der Waals surface area (Å²) in [6.45, 7) is 2.80. The first-order valence-electron chi connectivity index (χ1n) is 8.31. The number of hydrogen-bond donors (Lipinski definition) is 3. The topological polar surface area (TPSA) is 74.2 Å². The van der Waals surface area contributed by atoms with Crippen LogP contribution in [0.2, 0.25) is 0 Å². The van der Waals surface area contributed by atoms with Gasteiger partial charge in [-0.2, -0.15) is 0 Å². The first-order chi connectivity index (χ1) is 10.7. The highest BCUT2D eigenvalue weighted by Crippen LogP contribution is 2.27. The Bertz CT molecular complexity index is 452. The lowest BCUT2D eigenvalue weighted by Gasteiger charge is -2.13. The molecule has 0 saturated heterocycles. The van der Waals surface area contributed by atoms with Gasteiger partial charge in [0.25, 0.3) is 0 Å². The number of amides is 2. The average Bonchev–Trinajstić information content (AvgIpc) is 2.92. The number of thiazole rings is 1. The van der Waals surface area contributed by atoms with Gasteiger partial charge < -0.3 is 15.7 Å². The molecule has 0 radical (unpaired) electrons. The number of nitrogens with zero attached hydrogens (tertiary/aromatic N) is 1. The Balaban J connectivity index is 1.60. The van der Waals surface area contributed by atoms with E-state index in [-0.39, 0.29) is 18.7 Å². The van der Waals surface area contributed by atoms with Crippen LogP contribution in [0.1, 0.15) is 54.6 Å². The molecule has 6 heteroatoms. The van der Waals surface area contributed by atoms with Crippen LogP contribution >= 0.6 is 11.3 Å². The van der Waals surface area contributed by atoms with Crippen LogP contribution in [0, 0.1) is 0 Å². The fourth-order valence-corrected chi connectivity index (χ4v) is 3.90. The second kappa shape index (κ2) is 9.10. The van der Waals surface area contributed by atoms with Crippen molar-refractivity contribution in [3.05, 3.63) is 15.6 Å². The van der Waals surface area contributed by atoms with Crippen LogP contribution in [0.15, 0.2) is 0 Å². The maximum Gasteiger partial charge on any atom is 0.314 e. The molecule has 0 fully saturated rings. The van der Waals surface area contributed by atoms with Gasteiger partial charge in [-0.1, -0.05) is 0 Å². The van der Waals surface area contributed by atoms with Crippen molar-refractivity contribution < 1.29 is 9.90 Å². The van der Waals surface area contributed by atoms with E-state index in [1.807, 2.05) is 18.3 Å². The van der Waals surface area contributed by atoms with Gasteiger partial charge >= 0.3 is 6.03 Å². The summed E-state index contributed by atoms with van der Waals surface area (Å²) in [6, 6.07) is -0.0262. The molecule has 1 heterocycles. The van der Waals surface area contributed by atoms with Gasteiger partial charge in [-0.25, -0.2) is 9.78 Å². The molecule has 3 N–H and O–H groups in total. The van der Waals surface area contributed by atoms with Crippen molar-refractivity contribution in [3.8, 4) is 0 Å². The van der Waals surface area contributed by atoms with Crippen molar-refractivity contribution in [2.24, 2.45) is 0 Å². The molecule has 1 aromatic rings. The third-order valence-corrected chi connectivity index (χ3v) is 5.13. The standard InChI is InChI=1S/C16H27N3O2S/c1-12(6-5-11-20)18-16(21)17-10-4-9-15-19-13-7-2-3-8-14(13)22-15/h12,20H,2-11H2,1H3,(H2,17,18,21). The van der Waals surface area contributed by atoms with Gasteiger partial charge in [-0.05, 0) is 51.9 Å². The van der Waals surface area contributed by atoms with Crippen molar-refractivity contribution in [2.75, 3.05) is 13.2 Å². The predicted octanol–water partition coefficient (Wildman–Crippen LogP) is 2.41. The van der Waals surface area contributed by atoms with Gasteiger partial charge in [0.2, 0.25) is 0 Å². The Hall–Kier alpha value is -1.14. The fraction of sp³-hybridized carbons (Fsp3) is 0.750. The van der Waals surface area contributed by atoms with E-state index in [1.54, 1.807) is 0 Å². The lowest BCUT2D eigenvalue weighted by atomic mass is 10.0. The highest BCUT2D eigenvalue weighted by molar-refractivity contribution is 7.11. The molecule has 0 saturated carbocycles. The summed E-state index contributed by atoms with van der Waals surface area (Å²) >= 11 is 1.85. The lowest BCUT2D eigenvalue weighted by Crippen LogP contribution is -2.41. The number of nitrogens with one attached hydrogen (secondary N) is 2. The van der Waals surface area contributed by atoms with E-state index in [1.165, 1.54) is 34.8 Å². The Morgan fingerprint density at radius 3 is 2.95 bits per heavy atom. The number of fused-ring (bicyclic) bond motifs is 1. The predicted molar refractivity (Wildman–Crippen MR) is 89.4 cm³/mol. The van der Waals surface area contributed by atoms with Crippen LogP contribution in [0.25, 0.3) is 0 Å². The number of aryl methyl sites for hydroxylation is 3. The monoisotopic (exact) mass is 325 g/mol. The first kappa shape index (κ1) is 17.2. The minimum atomic E-state index is -0.121. The molecule has 124 valence electrons. The average molecular weight is 325 g/mol. The third kappa shape index (κ3) is 5.57. The molecule has 0 aliphatic heterocycles. The summed E-state index contributed by atoms with van der Waals surface area (Å²) in [5.74, 6) is 0. The van der Waals surface area contributed by atoms with Gasteiger partial charge in [0, 0.05) is 30.5 Å². The minimum absolute atomic E-state index is 0.0952. The number of carbonyl (C=O) groups is 1. The number of urea groups is 1. The molecule has 1 atom stereocenters. The highest BCUT2D eigenvalue weighted by Gasteiger charge is 2.14. The van der Waals surface area contributed by atoms with Crippen LogP contribution in [-0.4, -0.2) is 35.3 Å². The number of aliphatic hydroxyl groups excluding tert-OH is 1. The van der Waals surface area contributed by atoms with Gasteiger partial charge in [-0.15, -0.1) is 11.3 Å². The quantitative estimate of drug-likeness (QED) is 0.643. The molecule has 1 aromatic heterocycles. The molecule has 0 aromatic carbocycles. The highest BCUT2D eigenvalue weighted by atomic mass is 32.1. The van der Waals surface area contributed by atoms with Crippen molar-refractivity contribution >= 4 is 17.4 Å². The van der Waals surface area contributed by atoms with Crippen molar-refractivity contribution in [1.82, 2.24) is 15.6 Å². The first-order valence-corrected chi connectivity index (χ1v) is 9.13. The summed E-state index contributed by atoms with van der Waals surface area (Å²) in [4.78, 5) is 17.9. The second-order valence-electron chi connectivity index (χ2n) is 5.96. The Morgan fingerprint density at radius 2 is 2.18 bits per heavy atom. The SMILES string of the molecule is CC(CCCO)NC(=O)NCCCc1nc2c(s1)CCCC2. The number of hydrogen-bond acceptors (Lipinski definition) is 4. The number of aliphatic hydroxyl groups is 1. The normalized spacial score (nSPS) is 15.2. The van der Waals surface area contributed by atoms with E-state index in [0.717, 1.165) is 32.1 Å². The van der Waals surface area contributed by atoms with E-state index in [9.17, 15) is 4.79 Å². The Labute approximate surface area is 136 Å². The zero-order valence-corrected chi connectivity index (χ0v) is 14.2. The van der Waals surface area contributed by atoms with E-state index >= 15 is 0 Å². The van der Waals surface area contributed by atoms with E-state index in [4.69, 9.17) is 10.1 Å². The van der Waals surface area contributed by atoms with Crippen molar-refractivity contribution in [3.63, 3.8) is 0 Å². The van der Waals surface area contributed by atoms with Crippen LogP contribution in [0.4, 0.5) is 4.79 Å². The summed E-state index contributed by atoms with van der Waals surface area (Å²) in [5, 5.41) is 15.7. The van der Waals surface area contributed by atoms with Crippen LogP contribution in [0.5, 0.6) is 0 Å². The fourth-order valence-electron chi connectivity index (χ4n) is 2.70. The molecular formula is C16H27N3O2S. The number of rotatable bonds is 8. The van der Waals surface area contributed by atoms with Crippen LogP contribution in [0.3, 0.4) is 0 Å². The zero-order valence-electron chi connectivity index (χ0n) is 13.4. The Morgan fingerprint density at radius 1 is 1.36 bits per heavy atom. The molecule has 22 heavy (non-hydrogen) atoms. The summed E-state index contributed by atoms with van der Waals surface area (Å²) in [5.41, 5.74) is 1.31. The second-order valence-corrected chi connectivity index (χ2v) is 7.12. The molecule has 5 nitrogen and oxygen atoms in total. The summed E-state index contributed by atoms with van der Waals surface area (Å²) < 4.78 is 0. The molecule has 1 aliphatic rings. The molecule has 2 amide bonds. The van der Waals surface area contributed by atoms with Gasteiger partial charge in [0.15, 0.2) is 0 Å². The van der Waals surface area contributed by atoms with Gasteiger partial charge in [-0.3, -0.25) is 0 Å².